The number of rotatable bonds is 7. The highest BCUT2D eigenvalue weighted by Gasteiger charge is 2.32. The van der Waals surface area contributed by atoms with Crippen molar-refractivity contribution in [3.8, 4) is 0 Å². The maximum absolute atomic E-state index is 9.82. The number of thiol groups is 1. The molecule has 108 valence electrons. The van der Waals surface area contributed by atoms with Gasteiger partial charge in [-0.1, -0.05) is 33.6 Å². The first-order valence-corrected chi connectivity index (χ1v) is 8.21. The lowest BCUT2D eigenvalue weighted by Gasteiger charge is -2.42. The van der Waals surface area contributed by atoms with E-state index in [1.54, 1.807) is 0 Å². The fraction of sp³-hybridized carbons (Fsp3) is 1.00. The van der Waals surface area contributed by atoms with Crippen molar-refractivity contribution in [3.63, 3.8) is 0 Å². The van der Waals surface area contributed by atoms with Crippen LogP contribution < -0.4 is 0 Å². The van der Waals surface area contributed by atoms with Gasteiger partial charge in [0.1, 0.15) is 0 Å². The van der Waals surface area contributed by atoms with Crippen molar-refractivity contribution in [2.24, 2.45) is 11.3 Å². The van der Waals surface area contributed by atoms with Crippen LogP contribution in [0.1, 0.15) is 52.9 Å². The summed E-state index contributed by atoms with van der Waals surface area (Å²) in [5, 5.41) is 9.82. The molecule has 2 nitrogen and oxygen atoms in total. The highest BCUT2D eigenvalue weighted by Crippen LogP contribution is 2.33. The molecule has 1 N–H and O–H groups in total. The van der Waals surface area contributed by atoms with Gasteiger partial charge in [0, 0.05) is 19.6 Å². The molecule has 1 rings (SSSR count). The molecule has 1 saturated heterocycles. The molecule has 1 heterocycles. The van der Waals surface area contributed by atoms with E-state index in [1.165, 1.54) is 25.7 Å². The number of aliphatic hydroxyl groups excluding tert-OH is 1. The van der Waals surface area contributed by atoms with Gasteiger partial charge in [0.15, 0.2) is 0 Å². The quantitative estimate of drug-likeness (QED) is 0.696. The molecule has 1 fully saturated rings. The maximum atomic E-state index is 9.82. The van der Waals surface area contributed by atoms with Crippen LogP contribution >= 0.6 is 12.6 Å². The molecule has 0 bridgehead atoms. The van der Waals surface area contributed by atoms with E-state index in [4.69, 9.17) is 0 Å². The van der Waals surface area contributed by atoms with Gasteiger partial charge in [-0.05, 0) is 36.3 Å². The molecule has 1 aliphatic heterocycles. The van der Waals surface area contributed by atoms with Crippen molar-refractivity contribution in [2.45, 2.75) is 59.0 Å². The molecule has 0 saturated carbocycles. The fourth-order valence-corrected chi connectivity index (χ4v) is 3.81. The minimum absolute atomic E-state index is 0.0935. The van der Waals surface area contributed by atoms with Gasteiger partial charge in [0.25, 0.3) is 0 Å². The van der Waals surface area contributed by atoms with E-state index < -0.39 is 0 Å². The third-order valence-electron chi connectivity index (χ3n) is 4.40. The Hall–Kier alpha value is 0.270. The molecule has 0 aromatic rings. The van der Waals surface area contributed by atoms with E-state index in [0.717, 1.165) is 31.8 Å². The van der Waals surface area contributed by atoms with Crippen molar-refractivity contribution >= 4 is 12.6 Å². The first-order valence-electron chi connectivity index (χ1n) is 7.58. The van der Waals surface area contributed by atoms with Crippen molar-refractivity contribution in [1.29, 1.82) is 0 Å². The van der Waals surface area contributed by atoms with E-state index in [1.807, 2.05) is 0 Å². The smallest absolute Gasteiger partial charge is 0.0590 e. The molecule has 0 aromatic heterocycles. The number of piperidine rings is 1. The number of hydrogen-bond acceptors (Lipinski definition) is 3. The van der Waals surface area contributed by atoms with Gasteiger partial charge in [0.2, 0.25) is 0 Å². The topological polar surface area (TPSA) is 23.5 Å². The van der Waals surface area contributed by atoms with Crippen molar-refractivity contribution in [3.05, 3.63) is 0 Å². The van der Waals surface area contributed by atoms with Crippen LogP contribution in [0.25, 0.3) is 0 Å². The summed E-state index contributed by atoms with van der Waals surface area (Å²) in [5.41, 5.74) is 0.384. The van der Waals surface area contributed by atoms with Crippen LogP contribution in [0.4, 0.5) is 0 Å². The van der Waals surface area contributed by atoms with Crippen LogP contribution in [0.3, 0.4) is 0 Å². The highest BCUT2D eigenvalue weighted by atomic mass is 32.1. The molecular weight excluding hydrogens is 242 g/mol. The van der Waals surface area contributed by atoms with E-state index >= 15 is 0 Å². The van der Waals surface area contributed by atoms with Gasteiger partial charge in [-0.15, -0.1) is 0 Å². The second-order valence-electron chi connectivity index (χ2n) is 6.23. The zero-order chi connectivity index (χ0) is 13.6. The number of aliphatic hydroxyl groups is 1. The first kappa shape index (κ1) is 16.3. The third kappa shape index (κ3) is 4.43. The summed E-state index contributed by atoms with van der Waals surface area (Å²) >= 11 is 4.63. The minimum Gasteiger partial charge on any atom is -0.393 e. The number of nitrogens with zero attached hydrogens (tertiary/aromatic N) is 1. The largest absolute Gasteiger partial charge is 0.393 e. The van der Waals surface area contributed by atoms with Gasteiger partial charge in [0.05, 0.1) is 6.10 Å². The molecule has 1 aliphatic rings. The summed E-state index contributed by atoms with van der Waals surface area (Å²) in [5.74, 6) is 1.40. The highest BCUT2D eigenvalue weighted by molar-refractivity contribution is 7.80. The molecule has 2 unspecified atom stereocenters. The lowest BCUT2D eigenvalue weighted by molar-refractivity contribution is 0.0165. The van der Waals surface area contributed by atoms with E-state index in [2.05, 4.69) is 38.3 Å². The second-order valence-corrected chi connectivity index (χ2v) is 6.54. The van der Waals surface area contributed by atoms with Gasteiger partial charge in [-0.2, -0.15) is 12.6 Å². The molecule has 0 aromatic carbocycles. The second kappa shape index (κ2) is 7.76. The van der Waals surface area contributed by atoms with Crippen LogP contribution in [0.15, 0.2) is 0 Å². The molecule has 0 radical (unpaired) electrons. The SMILES string of the molecule is CCCC(CS)(CCC)CN1CCC(O)C(C)C1. The Labute approximate surface area is 119 Å². The van der Waals surface area contributed by atoms with Crippen LogP contribution in [0, 0.1) is 11.3 Å². The number of hydrogen-bond donors (Lipinski definition) is 2. The minimum atomic E-state index is -0.0935. The summed E-state index contributed by atoms with van der Waals surface area (Å²) in [6, 6.07) is 0. The first-order chi connectivity index (χ1) is 8.56. The lowest BCUT2D eigenvalue weighted by Crippen LogP contribution is -2.47. The number of likely N-dealkylation sites (tertiary alicyclic amines) is 1. The van der Waals surface area contributed by atoms with E-state index in [-0.39, 0.29) is 6.10 Å². The zero-order valence-corrected chi connectivity index (χ0v) is 13.3. The molecule has 0 amide bonds. The maximum Gasteiger partial charge on any atom is 0.0590 e. The Morgan fingerprint density at radius 1 is 1.28 bits per heavy atom. The van der Waals surface area contributed by atoms with Crippen molar-refractivity contribution in [1.82, 2.24) is 4.90 Å². The average molecular weight is 273 g/mol. The summed E-state index contributed by atoms with van der Waals surface area (Å²) < 4.78 is 0. The molecule has 2 atom stereocenters. The molecule has 0 spiro atoms. The van der Waals surface area contributed by atoms with E-state index in [9.17, 15) is 5.11 Å². The van der Waals surface area contributed by atoms with Crippen molar-refractivity contribution in [2.75, 3.05) is 25.4 Å². The lowest BCUT2D eigenvalue weighted by atomic mass is 9.79. The summed E-state index contributed by atoms with van der Waals surface area (Å²) in [6.07, 6.45) is 5.88. The predicted octanol–water partition coefficient (Wildman–Crippen LogP) is 3.21. The Bertz CT molecular complexity index is 229. The Balaban J connectivity index is 2.59. The Kier molecular flexibility index (Phi) is 7.04. The third-order valence-corrected chi connectivity index (χ3v) is 5.07. The average Bonchev–Trinajstić information content (AvgIpc) is 2.34. The standard InChI is InChI=1S/C15H31NOS/c1-4-7-15(12-18,8-5-2)11-16-9-6-14(17)13(3)10-16/h13-14,17-18H,4-12H2,1-3H3. The van der Waals surface area contributed by atoms with Gasteiger partial charge < -0.3 is 10.0 Å². The van der Waals surface area contributed by atoms with Crippen LogP contribution in [-0.4, -0.2) is 41.5 Å². The molecule has 0 aliphatic carbocycles. The van der Waals surface area contributed by atoms with Crippen LogP contribution in [0.2, 0.25) is 0 Å². The summed E-state index contributed by atoms with van der Waals surface area (Å²) in [4.78, 5) is 2.55. The normalized spacial score (nSPS) is 26.5. The van der Waals surface area contributed by atoms with E-state index in [0.29, 0.717) is 11.3 Å². The Morgan fingerprint density at radius 2 is 1.89 bits per heavy atom. The molecule has 18 heavy (non-hydrogen) atoms. The molecule has 3 heteroatoms. The molecular formula is C15H31NOS. The van der Waals surface area contributed by atoms with Crippen molar-refractivity contribution < 1.29 is 5.11 Å². The van der Waals surface area contributed by atoms with Gasteiger partial charge in [-0.25, -0.2) is 0 Å². The zero-order valence-electron chi connectivity index (χ0n) is 12.4. The fourth-order valence-electron chi connectivity index (χ4n) is 3.39. The van der Waals surface area contributed by atoms with Gasteiger partial charge >= 0.3 is 0 Å². The summed E-state index contributed by atoms with van der Waals surface area (Å²) in [7, 11) is 0. The van der Waals surface area contributed by atoms with Crippen LogP contribution in [0.5, 0.6) is 0 Å². The summed E-state index contributed by atoms with van der Waals surface area (Å²) in [6.45, 7) is 9.97. The monoisotopic (exact) mass is 273 g/mol. The Morgan fingerprint density at radius 3 is 2.33 bits per heavy atom. The predicted molar refractivity (Wildman–Crippen MR) is 82.3 cm³/mol. The van der Waals surface area contributed by atoms with Gasteiger partial charge in [-0.3, -0.25) is 0 Å². The van der Waals surface area contributed by atoms with Crippen LogP contribution in [-0.2, 0) is 0 Å².